The molecular formula is C14H9ClN4O2. The molecule has 7 heteroatoms. The van der Waals surface area contributed by atoms with Gasteiger partial charge in [-0.1, -0.05) is 48.0 Å². The summed E-state index contributed by atoms with van der Waals surface area (Å²) in [6.45, 7) is 0. The number of tetrazole rings is 1. The Morgan fingerprint density at radius 1 is 1.10 bits per heavy atom. The Kier molecular flexibility index (Phi) is 3.37. The van der Waals surface area contributed by atoms with Crippen LogP contribution in [0.15, 0.2) is 48.5 Å². The molecule has 0 aliphatic rings. The third-order valence-electron chi connectivity index (χ3n) is 2.87. The van der Waals surface area contributed by atoms with Crippen molar-refractivity contribution in [1.82, 2.24) is 20.2 Å². The highest BCUT2D eigenvalue weighted by atomic mass is 35.5. The summed E-state index contributed by atoms with van der Waals surface area (Å²) in [6, 6.07) is 14.0. The summed E-state index contributed by atoms with van der Waals surface area (Å²) in [5.41, 5.74) is 1.00. The molecule has 2 aromatic carbocycles. The number of carboxylic acids is 1. The van der Waals surface area contributed by atoms with E-state index in [1.165, 1.54) is 6.07 Å². The van der Waals surface area contributed by atoms with Crippen LogP contribution in [0.2, 0.25) is 5.02 Å². The van der Waals surface area contributed by atoms with E-state index in [0.717, 1.165) is 10.4 Å². The van der Waals surface area contributed by atoms with Gasteiger partial charge in [0.05, 0.1) is 5.02 Å². The second kappa shape index (κ2) is 5.34. The van der Waals surface area contributed by atoms with Crippen LogP contribution in [-0.2, 0) is 0 Å². The molecule has 3 rings (SSSR count). The van der Waals surface area contributed by atoms with Gasteiger partial charge in [0, 0.05) is 5.56 Å². The van der Waals surface area contributed by atoms with Crippen molar-refractivity contribution in [2.45, 2.75) is 0 Å². The lowest BCUT2D eigenvalue weighted by Gasteiger charge is -2.05. The van der Waals surface area contributed by atoms with Crippen LogP contribution >= 0.6 is 11.6 Å². The Morgan fingerprint density at radius 2 is 1.86 bits per heavy atom. The molecule has 21 heavy (non-hydrogen) atoms. The van der Waals surface area contributed by atoms with Crippen molar-refractivity contribution in [3.05, 3.63) is 59.1 Å². The van der Waals surface area contributed by atoms with Gasteiger partial charge in [0.15, 0.2) is 0 Å². The van der Waals surface area contributed by atoms with Crippen molar-refractivity contribution in [3.63, 3.8) is 0 Å². The molecule has 0 aliphatic carbocycles. The van der Waals surface area contributed by atoms with Gasteiger partial charge in [0.1, 0.15) is 11.3 Å². The van der Waals surface area contributed by atoms with Gasteiger partial charge in [0.25, 0.3) is 0 Å². The number of aromatic nitrogens is 4. The highest BCUT2D eigenvalue weighted by molar-refractivity contribution is 6.34. The van der Waals surface area contributed by atoms with E-state index in [-0.39, 0.29) is 16.3 Å². The van der Waals surface area contributed by atoms with Crippen LogP contribution in [0, 0.1) is 0 Å². The smallest absolute Gasteiger partial charge is 0.339 e. The summed E-state index contributed by atoms with van der Waals surface area (Å²) in [5, 5.41) is 21.4. The fraction of sp³-hybridized carbons (Fsp3) is 0. The van der Waals surface area contributed by atoms with Crippen LogP contribution < -0.4 is 0 Å². The molecule has 0 unspecified atom stereocenters. The van der Waals surface area contributed by atoms with Gasteiger partial charge in [-0.2, -0.15) is 0 Å². The first-order chi connectivity index (χ1) is 10.2. The average molecular weight is 301 g/mol. The molecule has 0 amide bonds. The molecule has 1 heterocycles. The van der Waals surface area contributed by atoms with E-state index in [9.17, 15) is 9.90 Å². The topological polar surface area (TPSA) is 80.9 Å². The van der Waals surface area contributed by atoms with Gasteiger partial charge in [-0.3, -0.25) is 0 Å². The number of nitrogens with zero attached hydrogens (tertiary/aromatic N) is 4. The van der Waals surface area contributed by atoms with Crippen LogP contribution in [0.3, 0.4) is 0 Å². The monoisotopic (exact) mass is 300 g/mol. The second-order valence-corrected chi connectivity index (χ2v) is 4.61. The maximum absolute atomic E-state index is 11.3. The van der Waals surface area contributed by atoms with Crippen LogP contribution in [0.1, 0.15) is 10.4 Å². The van der Waals surface area contributed by atoms with E-state index < -0.39 is 5.97 Å². The van der Waals surface area contributed by atoms with Crippen molar-refractivity contribution < 1.29 is 9.90 Å². The highest BCUT2D eigenvalue weighted by Gasteiger charge is 2.18. The fourth-order valence-corrected chi connectivity index (χ4v) is 2.16. The summed E-state index contributed by atoms with van der Waals surface area (Å²) >= 11 is 5.93. The maximum Gasteiger partial charge on any atom is 0.339 e. The minimum atomic E-state index is -1.14. The number of carboxylic acid groups (broad SMARTS) is 1. The quantitative estimate of drug-likeness (QED) is 0.804. The molecule has 0 atom stereocenters. The van der Waals surface area contributed by atoms with Crippen molar-refractivity contribution in [3.8, 4) is 17.1 Å². The molecule has 0 saturated heterocycles. The predicted molar refractivity (Wildman–Crippen MR) is 76.6 cm³/mol. The first-order valence-corrected chi connectivity index (χ1v) is 6.42. The Labute approximate surface area is 124 Å². The third-order valence-corrected chi connectivity index (χ3v) is 3.18. The zero-order chi connectivity index (χ0) is 14.8. The minimum Gasteiger partial charge on any atom is -0.478 e. The molecule has 0 saturated carbocycles. The molecule has 3 aromatic rings. The number of benzene rings is 2. The summed E-state index contributed by atoms with van der Waals surface area (Å²) in [6.07, 6.45) is 0. The first-order valence-electron chi connectivity index (χ1n) is 6.04. The largest absolute Gasteiger partial charge is 0.478 e. The maximum atomic E-state index is 11.3. The lowest BCUT2D eigenvalue weighted by molar-refractivity contribution is 0.0696. The van der Waals surface area contributed by atoms with Crippen LogP contribution in [-0.4, -0.2) is 31.3 Å². The number of aromatic carboxylic acids is 1. The summed E-state index contributed by atoms with van der Waals surface area (Å²) in [7, 11) is 0. The molecule has 0 aliphatic heterocycles. The fourth-order valence-electron chi connectivity index (χ4n) is 1.91. The van der Waals surface area contributed by atoms with E-state index >= 15 is 0 Å². The van der Waals surface area contributed by atoms with Gasteiger partial charge in [-0.25, -0.2) is 4.79 Å². The molecule has 0 bridgehead atoms. The zero-order valence-electron chi connectivity index (χ0n) is 10.6. The van der Waals surface area contributed by atoms with E-state index in [1.807, 2.05) is 30.3 Å². The molecule has 0 spiro atoms. The molecule has 0 fully saturated rings. The number of halogens is 1. The Hall–Kier alpha value is -2.73. The minimum absolute atomic E-state index is 0.0591. The highest BCUT2D eigenvalue weighted by Crippen LogP contribution is 2.23. The third kappa shape index (κ3) is 2.48. The second-order valence-electron chi connectivity index (χ2n) is 4.21. The average Bonchev–Trinajstić information content (AvgIpc) is 2.97. The van der Waals surface area contributed by atoms with Gasteiger partial charge in [-0.15, -0.1) is 15.0 Å². The number of hydrogen-bond acceptors (Lipinski definition) is 4. The van der Waals surface area contributed by atoms with Gasteiger partial charge >= 0.3 is 5.97 Å². The summed E-state index contributed by atoms with van der Waals surface area (Å²) in [4.78, 5) is 12.5. The lowest BCUT2D eigenvalue weighted by Crippen LogP contribution is -2.08. The number of rotatable bonds is 3. The molecule has 1 aromatic heterocycles. The summed E-state index contributed by atoms with van der Waals surface area (Å²) in [5.74, 6) is -0.735. The van der Waals surface area contributed by atoms with Crippen molar-refractivity contribution >= 4 is 17.6 Å². The molecule has 104 valence electrons. The van der Waals surface area contributed by atoms with Crippen LogP contribution in [0.4, 0.5) is 0 Å². The Morgan fingerprint density at radius 3 is 2.57 bits per heavy atom. The van der Waals surface area contributed by atoms with E-state index in [2.05, 4.69) is 15.4 Å². The summed E-state index contributed by atoms with van der Waals surface area (Å²) < 4.78 is 0. The normalized spacial score (nSPS) is 10.5. The lowest BCUT2D eigenvalue weighted by atomic mass is 10.2. The van der Waals surface area contributed by atoms with E-state index in [0.29, 0.717) is 5.82 Å². The SMILES string of the molecule is O=C(O)c1c(Cl)cccc1-n1nnc(-c2ccccc2)n1. The van der Waals surface area contributed by atoms with E-state index in [4.69, 9.17) is 11.6 Å². The van der Waals surface area contributed by atoms with Gasteiger partial charge < -0.3 is 5.11 Å². The Balaban J connectivity index is 2.09. The standard InChI is InChI=1S/C14H9ClN4O2/c15-10-7-4-8-11(12(10)14(20)21)19-17-13(16-18-19)9-5-2-1-3-6-9/h1-8H,(H,20,21). The number of carbonyl (C=O) groups is 1. The molecular weight excluding hydrogens is 292 g/mol. The van der Waals surface area contributed by atoms with Gasteiger partial charge in [-0.05, 0) is 17.3 Å². The van der Waals surface area contributed by atoms with Crippen LogP contribution in [0.25, 0.3) is 17.1 Å². The zero-order valence-corrected chi connectivity index (χ0v) is 11.4. The van der Waals surface area contributed by atoms with Gasteiger partial charge in [0.2, 0.25) is 5.82 Å². The molecule has 6 nitrogen and oxygen atoms in total. The van der Waals surface area contributed by atoms with Crippen LogP contribution in [0.5, 0.6) is 0 Å². The van der Waals surface area contributed by atoms with Crippen molar-refractivity contribution in [2.24, 2.45) is 0 Å². The number of hydrogen-bond donors (Lipinski definition) is 1. The Bertz CT molecular complexity index is 802. The van der Waals surface area contributed by atoms with Crippen molar-refractivity contribution in [2.75, 3.05) is 0 Å². The predicted octanol–water partition coefficient (Wildman–Crippen LogP) is 2.68. The first kappa shape index (κ1) is 13.3. The molecule has 0 radical (unpaired) electrons. The van der Waals surface area contributed by atoms with Crippen molar-refractivity contribution in [1.29, 1.82) is 0 Å². The van der Waals surface area contributed by atoms with E-state index in [1.54, 1.807) is 12.1 Å². The molecule has 1 N–H and O–H groups in total.